The molecule has 1 heterocycles. The number of hydrogen-bond acceptors (Lipinski definition) is 3. The fraction of sp³-hybridized carbons (Fsp3) is 0.889. The van der Waals surface area contributed by atoms with E-state index in [1.807, 2.05) is 6.92 Å². The molecule has 1 aliphatic heterocycles. The Morgan fingerprint density at radius 1 is 1.53 bits per heavy atom. The maximum atomic E-state index is 11.8. The maximum absolute atomic E-state index is 11.8. The average molecular weight is 234 g/mol. The maximum Gasteiger partial charge on any atom is 0.226 e. The first-order chi connectivity index (χ1) is 6.86. The predicted octanol–water partition coefficient (Wildman–Crippen LogP) is -0.254. The Bertz CT molecular complexity index is 339. The van der Waals surface area contributed by atoms with E-state index in [1.54, 1.807) is 11.9 Å². The van der Waals surface area contributed by atoms with Gasteiger partial charge in [0, 0.05) is 26.7 Å². The van der Waals surface area contributed by atoms with Gasteiger partial charge < -0.3 is 4.90 Å². The second-order valence-electron chi connectivity index (χ2n) is 3.96. The normalized spacial score (nSPS) is 23.0. The number of nitrogens with zero attached hydrogens (tertiary/aromatic N) is 2. The van der Waals surface area contributed by atoms with Gasteiger partial charge in [0.2, 0.25) is 15.9 Å². The van der Waals surface area contributed by atoms with E-state index in [4.69, 9.17) is 0 Å². The van der Waals surface area contributed by atoms with E-state index < -0.39 is 10.0 Å². The summed E-state index contributed by atoms with van der Waals surface area (Å²) < 4.78 is 23.9. The van der Waals surface area contributed by atoms with Crippen molar-refractivity contribution in [3.63, 3.8) is 0 Å². The molecule has 1 unspecified atom stereocenters. The molecule has 1 amide bonds. The van der Waals surface area contributed by atoms with Crippen molar-refractivity contribution in [1.82, 2.24) is 9.21 Å². The van der Waals surface area contributed by atoms with Gasteiger partial charge in [-0.25, -0.2) is 12.7 Å². The van der Waals surface area contributed by atoms with Crippen LogP contribution < -0.4 is 0 Å². The summed E-state index contributed by atoms with van der Waals surface area (Å²) in [5, 5.41) is 0. The van der Waals surface area contributed by atoms with Crippen LogP contribution in [0.15, 0.2) is 0 Å². The highest BCUT2D eigenvalue weighted by Crippen LogP contribution is 2.20. The minimum Gasteiger partial charge on any atom is -0.346 e. The highest BCUT2D eigenvalue weighted by atomic mass is 32.2. The Hall–Kier alpha value is -0.620. The minimum atomic E-state index is -3.14. The molecule has 5 nitrogen and oxygen atoms in total. The predicted molar refractivity (Wildman–Crippen MR) is 57.8 cm³/mol. The highest BCUT2D eigenvalue weighted by molar-refractivity contribution is 7.88. The quantitative estimate of drug-likeness (QED) is 0.676. The van der Waals surface area contributed by atoms with Crippen LogP contribution >= 0.6 is 0 Å². The van der Waals surface area contributed by atoms with Gasteiger partial charge >= 0.3 is 0 Å². The van der Waals surface area contributed by atoms with E-state index in [2.05, 4.69) is 0 Å². The monoisotopic (exact) mass is 234 g/mol. The fourth-order valence-corrected chi connectivity index (χ4v) is 2.59. The number of hydrogen-bond donors (Lipinski definition) is 0. The number of carbonyl (C=O) groups excluding carboxylic acids is 1. The lowest BCUT2D eigenvalue weighted by molar-refractivity contribution is -0.133. The molecule has 6 heteroatoms. The molecule has 0 aromatic rings. The molecule has 0 bridgehead atoms. The van der Waals surface area contributed by atoms with Gasteiger partial charge in [0.1, 0.15) is 0 Å². The zero-order valence-electron chi connectivity index (χ0n) is 9.43. The SMILES string of the molecule is CCN(C)C(=O)C1CCN(S(C)(=O)=O)C1. The number of sulfonamides is 1. The van der Waals surface area contributed by atoms with Crippen molar-refractivity contribution in [1.29, 1.82) is 0 Å². The van der Waals surface area contributed by atoms with E-state index in [0.29, 0.717) is 26.1 Å². The summed E-state index contributed by atoms with van der Waals surface area (Å²) in [6.45, 7) is 3.37. The first kappa shape index (κ1) is 12.4. The van der Waals surface area contributed by atoms with E-state index in [9.17, 15) is 13.2 Å². The first-order valence-electron chi connectivity index (χ1n) is 5.06. The molecule has 1 rings (SSSR count). The molecule has 1 saturated heterocycles. The Kier molecular flexibility index (Phi) is 3.72. The molecule has 0 radical (unpaired) electrons. The summed E-state index contributed by atoms with van der Waals surface area (Å²) in [7, 11) is -1.40. The molecule has 0 spiro atoms. The van der Waals surface area contributed by atoms with Crippen molar-refractivity contribution < 1.29 is 13.2 Å². The lowest BCUT2D eigenvalue weighted by Crippen LogP contribution is -2.35. The molecule has 15 heavy (non-hydrogen) atoms. The zero-order chi connectivity index (χ0) is 11.6. The van der Waals surface area contributed by atoms with Gasteiger partial charge in [-0.15, -0.1) is 0 Å². The topological polar surface area (TPSA) is 57.7 Å². The van der Waals surface area contributed by atoms with Crippen LogP contribution in [-0.2, 0) is 14.8 Å². The third-order valence-electron chi connectivity index (χ3n) is 2.82. The molecular formula is C9H18N2O3S. The smallest absolute Gasteiger partial charge is 0.226 e. The van der Waals surface area contributed by atoms with Crippen molar-refractivity contribution in [2.75, 3.05) is 32.9 Å². The van der Waals surface area contributed by atoms with Crippen LogP contribution in [0.2, 0.25) is 0 Å². The van der Waals surface area contributed by atoms with Crippen molar-refractivity contribution in [3.8, 4) is 0 Å². The molecule has 0 saturated carbocycles. The van der Waals surface area contributed by atoms with Crippen LogP contribution in [0.1, 0.15) is 13.3 Å². The summed E-state index contributed by atoms with van der Waals surface area (Å²) in [5.74, 6) is -0.117. The van der Waals surface area contributed by atoms with Crippen LogP contribution in [-0.4, -0.2) is 56.5 Å². The third kappa shape index (κ3) is 2.92. The molecular weight excluding hydrogens is 216 g/mol. The summed E-state index contributed by atoms with van der Waals surface area (Å²) in [5.41, 5.74) is 0. The van der Waals surface area contributed by atoms with Crippen LogP contribution in [0.3, 0.4) is 0 Å². The number of amides is 1. The summed E-state index contributed by atoms with van der Waals surface area (Å²) in [6, 6.07) is 0. The minimum absolute atomic E-state index is 0.0450. The van der Waals surface area contributed by atoms with Crippen LogP contribution in [0.5, 0.6) is 0 Å². The van der Waals surface area contributed by atoms with E-state index in [1.165, 1.54) is 10.6 Å². The molecule has 0 N–H and O–H groups in total. The fourth-order valence-electron chi connectivity index (χ4n) is 1.70. The van der Waals surface area contributed by atoms with Crippen molar-refractivity contribution in [2.45, 2.75) is 13.3 Å². The molecule has 1 fully saturated rings. The van der Waals surface area contributed by atoms with Gasteiger partial charge in [0.25, 0.3) is 0 Å². The molecule has 0 aromatic carbocycles. The van der Waals surface area contributed by atoms with Gasteiger partial charge in [-0.2, -0.15) is 0 Å². The third-order valence-corrected chi connectivity index (χ3v) is 4.09. The Balaban J connectivity index is 2.61. The molecule has 1 aliphatic rings. The highest BCUT2D eigenvalue weighted by Gasteiger charge is 2.33. The van der Waals surface area contributed by atoms with Crippen molar-refractivity contribution >= 4 is 15.9 Å². The zero-order valence-corrected chi connectivity index (χ0v) is 10.2. The number of rotatable bonds is 3. The second kappa shape index (κ2) is 4.49. The Morgan fingerprint density at radius 2 is 2.13 bits per heavy atom. The van der Waals surface area contributed by atoms with Crippen LogP contribution in [0.4, 0.5) is 0 Å². The lowest BCUT2D eigenvalue weighted by atomic mass is 10.1. The first-order valence-corrected chi connectivity index (χ1v) is 6.91. The van der Waals surface area contributed by atoms with Gasteiger partial charge in [-0.3, -0.25) is 4.79 Å². The molecule has 88 valence electrons. The van der Waals surface area contributed by atoms with E-state index in [-0.39, 0.29) is 11.8 Å². The standard InChI is InChI=1S/C9H18N2O3S/c1-4-10(2)9(12)8-5-6-11(7-8)15(3,13)14/h8H,4-7H2,1-3H3. The van der Waals surface area contributed by atoms with Gasteiger partial charge in [0.05, 0.1) is 12.2 Å². The van der Waals surface area contributed by atoms with Crippen molar-refractivity contribution in [3.05, 3.63) is 0 Å². The van der Waals surface area contributed by atoms with E-state index in [0.717, 1.165) is 0 Å². The van der Waals surface area contributed by atoms with Gasteiger partial charge in [0.15, 0.2) is 0 Å². The summed E-state index contributed by atoms with van der Waals surface area (Å²) in [4.78, 5) is 13.4. The average Bonchev–Trinajstić information content (AvgIpc) is 2.63. The molecule has 0 aliphatic carbocycles. The van der Waals surface area contributed by atoms with Crippen LogP contribution in [0, 0.1) is 5.92 Å². The van der Waals surface area contributed by atoms with E-state index >= 15 is 0 Å². The van der Waals surface area contributed by atoms with Gasteiger partial charge in [-0.05, 0) is 13.3 Å². The number of carbonyl (C=O) groups is 1. The molecule has 0 aromatic heterocycles. The summed E-state index contributed by atoms with van der Waals surface area (Å²) in [6.07, 6.45) is 1.82. The summed E-state index contributed by atoms with van der Waals surface area (Å²) >= 11 is 0. The largest absolute Gasteiger partial charge is 0.346 e. The Labute approximate surface area is 91.1 Å². The second-order valence-corrected chi connectivity index (χ2v) is 5.94. The van der Waals surface area contributed by atoms with Crippen molar-refractivity contribution in [2.24, 2.45) is 5.92 Å². The molecule has 1 atom stereocenters. The van der Waals surface area contributed by atoms with Crippen LogP contribution in [0.25, 0.3) is 0 Å². The Morgan fingerprint density at radius 3 is 2.53 bits per heavy atom. The lowest BCUT2D eigenvalue weighted by Gasteiger charge is -2.19. The van der Waals surface area contributed by atoms with Gasteiger partial charge in [-0.1, -0.05) is 0 Å².